The summed E-state index contributed by atoms with van der Waals surface area (Å²) in [6, 6.07) is 16.0. The zero-order chi connectivity index (χ0) is 38.4. The fourth-order valence-corrected chi connectivity index (χ4v) is 6.22. The minimum absolute atomic E-state index is 0.162. The maximum atomic E-state index is 12.3. The summed E-state index contributed by atoms with van der Waals surface area (Å²) in [7, 11) is 1.60. The number of hydrogen-bond donors (Lipinski definition) is 5. The second kappa shape index (κ2) is 16.5. The van der Waals surface area contributed by atoms with Crippen molar-refractivity contribution in [3.05, 3.63) is 54.6 Å². The number of carboxylic acid groups (broad SMARTS) is 2. The van der Waals surface area contributed by atoms with E-state index in [0.29, 0.717) is 23.4 Å². The molecule has 0 saturated heterocycles. The number of carboxylic acids is 2. The number of fused-ring (bicyclic) bond motifs is 1. The maximum Gasteiger partial charge on any atom is 0.407 e. The largest absolute Gasteiger partial charge is 0.497 e. The minimum Gasteiger partial charge on any atom is -0.497 e. The standard InChI is InChI=1S/C27H30N2O6.C11H19NO5/c1-27(2,3)35-26(32)29-23-14-18(12-20(23)25(30)31)34-24-15-21(16-8-6-5-7-9-16)28-22-13-17(33-4)10-11-19(22)24;1-11(2,3)17-10(16)12-8-5-6(13)4-7(8)9(14)15/h5-11,13,15,18,20,23H,12,14H2,1-4H3,(H,29,32)(H,30,31);6-8,13H,4-5H2,1-3H3,(H,12,16)(H,14,15)/t18-,20+,23-;6-,7+,8-/m00/s1. The highest BCUT2D eigenvalue weighted by Gasteiger charge is 2.42. The molecule has 2 aliphatic rings. The zero-order valence-corrected chi connectivity index (χ0v) is 30.5. The summed E-state index contributed by atoms with van der Waals surface area (Å²) in [5.41, 5.74) is 1.07. The van der Waals surface area contributed by atoms with Crippen molar-refractivity contribution in [2.24, 2.45) is 11.8 Å². The van der Waals surface area contributed by atoms with Crippen LogP contribution in [-0.4, -0.2) is 87.0 Å². The van der Waals surface area contributed by atoms with Gasteiger partial charge < -0.3 is 44.9 Å². The number of carbonyl (C=O) groups is 4. The average Bonchev–Trinajstić information content (AvgIpc) is 3.61. The van der Waals surface area contributed by atoms with Gasteiger partial charge in [0, 0.05) is 41.6 Å². The number of aliphatic carboxylic acids is 2. The number of hydrogen-bond acceptors (Lipinski definition) is 10. The van der Waals surface area contributed by atoms with Crippen LogP contribution < -0.4 is 20.1 Å². The van der Waals surface area contributed by atoms with Crippen LogP contribution >= 0.6 is 0 Å². The lowest BCUT2D eigenvalue weighted by atomic mass is 10.0. The monoisotopic (exact) mass is 723 g/mol. The highest BCUT2D eigenvalue weighted by Crippen LogP contribution is 2.36. The molecule has 2 saturated carbocycles. The van der Waals surface area contributed by atoms with Gasteiger partial charge in [-0.15, -0.1) is 0 Å². The van der Waals surface area contributed by atoms with E-state index in [1.165, 1.54) is 0 Å². The SMILES string of the molecule is CC(C)(C)OC(=O)N[C@H]1C[C@@H](O)C[C@H]1C(=O)O.COc1ccc2c(O[C@@H]3C[C@H](NC(=O)OC(C)(C)C)[C@H](C(=O)O)C3)cc(-c3ccccc3)nc2c1. The van der Waals surface area contributed by atoms with Gasteiger partial charge in [0.2, 0.25) is 0 Å². The van der Waals surface area contributed by atoms with Gasteiger partial charge in [-0.2, -0.15) is 0 Å². The summed E-state index contributed by atoms with van der Waals surface area (Å²) >= 11 is 0. The highest BCUT2D eigenvalue weighted by molar-refractivity contribution is 5.89. The lowest BCUT2D eigenvalue weighted by Crippen LogP contribution is -2.43. The van der Waals surface area contributed by atoms with E-state index >= 15 is 0 Å². The second-order valence-corrected chi connectivity index (χ2v) is 15.0. The van der Waals surface area contributed by atoms with Gasteiger partial charge in [0.1, 0.15) is 28.8 Å². The van der Waals surface area contributed by atoms with E-state index in [2.05, 4.69) is 10.6 Å². The van der Waals surface area contributed by atoms with Gasteiger partial charge in [0.05, 0.1) is 36.3 Å². The summed E-state index contributed by atoms with van der Waals surface area (Å²) in [5.74, 6) is -2.25. The Morgan fingerprint density at radius 2 is 1.31 bits per heavy atom. The van der Waals surface area contributed by atoms with Crippen LogP contribution in [-0.2, 0) is 19.1 Å². The van der Waals surface area contributed by atoms with Crippen molar-refractivity contribution in [2.75, 3.05) is 7.11 Å². The van der Waals surface area contributed by atoms with Crippen LogP contribution in [0.2, 0.25) is 0 Å². The topological polar surface area (TPSA) is 203 Å². The van der Waals surface area contributed by atoms with Crippen molar-refractivity contribution < 1.29 is 53.4 Å². The van der Waals surface area contributed by atoms with E-state index in [-0.39, 0.29) is 19.3 Å². The summed E-state index contributed by atoms with van der Waals surface area (Å²) in [6.07, 6.45) is -1.37. The lowest BCUT2D eigenvalue weighted by Gasteiger charge is -2.23. The Hall–Kier alpha value is -5.11. The zero-order valence-electron chi connectivity index (χ0n) is 30.5. The third-order valence-electron chi connectivity index (χ3n) is 8.44. The molecule has 282 valence electrons. The number of aliphatic hydroxyl groups excluding tert-OH is 1. The van der Waals surface area contributed by atoms with Crippen molar-refractivity contribution >= 4 is 35.0 Å². The van der Waals surface area contributed by atoms with Crippen LogP contribution in [0.1, 0.15) is 67.2 Å². The van der Waals surface area contributed by atoms with Crippen molar-refractivity contribution in [1.82, 2.24) is 15.6 Å². The number of nitrogens with zero attached hydrogens (tertiary/aromatic N) is 1. The number of benzene rings is 2. The predicted molar refractivity (Wildman–Crippen MR) is 191 cm³/mol. The van der Waals surface area contributed by atoms with Gasteiger partial charge in [0.25, 0.3) is 0 Å². The molecule has 2 aromatic carbocycles. The molecule has 3 aromatic rings. The third kappa shape index (κ3) is 11.2. The van der Waals surface area contributed by atoms with E-state index in [4.69, 9.17) is 29.0 Å². The summed E-state index contributed by atoms with van der Waals surface area (Å²) in [4.78, 5) is 51.4. The number of carbonyl (C=O) groups excluding carboxylic acids is 2. The quantitative estimate of drug-likeness (QED) is 0.188. The molecule has 6 atom stereocenters. The Labute approximate surface area is 302 Å². The second-order valence-electron chi connectivity index (χ2n) is 15.0. The molecule has 14 nitrogen and oxygen atoms in total. The van der Waals surface area contributed by atoms with Crippen LogP contribution in [0.4, 0.5) is 9.59 Å². The van der Waals surface area contributed by atoms with E-state index in [9.17, 15) is 29.4 Å². The van der Waals surface area contributed by atoms with Crippen molar-refractivity contribution in [3.8, 4) is 22.8 Å². The molecule has 52 heavy (non-hydrogen) atoms. The molecule has 5 rings (SSSR count). The van der Waals surface area contributed by atoms with Gasteiger partial charge in [-0.25, -0.2) is 14.6 Å². The van der Waals surface area contributed by atoms with Gasteiger partial charge in [-0.05, 0) is 72.9 Å². The molecular formula is C38H49N3O11. The first kappa shape index (κ1) is 39.7. The van der Waals surface area contributed by atoms with Crippen LogP contribution in [0.25, 0.3) is 22.2 Å². The minimum atomic E-state index is -1.01. The normalized spacial score (nSPS) is 22.8. The summed E-state index contributed by atoms with van der Waals surface area (Å²) < 4.78 is 22.1. The molecule has 2 aliphatic carbocycles. The highest BCUT2D eigenvalue weighted by atomic mass is 16.6. The van der Waals surface area contributed by atoms with Gasteiger partial charge in [0.15, 0.2) is 0 Å². The van der Waals surface area contributed by atoms with E-state index < -0.39 is 71.5 Å². The number of nitrogens with one attached hydrogen (secondary N) is 2. The number of ether oxygens (including phenoxy) is 4. The Morgan fingerprint density at radius 3 is 1.85 bits per heavy atom. The molecule has 1 aromatic heterocycles. The first-order valence-electron chi connectivity index (χ1n) is 17.2. The summed E-state index contributed by atoms with van der Waals surface area (Å²) in [5, 5.41) is 34.1. The first-order valence-corrected chi connectivity index (χ1v) is 17.2. The molecule has 0 bridgehead atoms. The fourth-order valence-electron chi connectivity index (χ4n) is 6.22. The molecule has 0 spiro atoms. The molecule has 2 amide bonds. The number of aliphatic hydroxyl groups is 1. The van der Waals surface area contributed by atoms with E-state index in [0.717, 1.165) is 16.6 Å². The predicted octanol–water partition coefficient (Wildman–Crippen LogP) is 5.78. The number of amides is 2. The van der Waals surface area contributed by atoms with E-state index in [1.54, 1.807) is 48.7 Å². The average molecular weight is 724 g/mol. The van der Waals surface area contributed by atoms with Gasteiger partial charge >= 0.3 is 24.1 Å². The number of methoxy groups -OCH3 is 1. The van der Waals surface area contributed by atoms with Crippen molar-refractivity contribution in [1.29, 1.82) is 0 Å². The Bertz CT molecular complexity index is 1740. The van der Waals surface area contributed by atoms with Crippen LogP contribution in [0.3, 0.4) is 0 Å². The van der Waals surface area contributed by atoms with Crippen LogP contribution in [0, 0.1) is 11.8 Å². The van der Waals surface area contributed by atoms with Gasteiger partial charge in [-0.1, -0.05) is 30.3 Å². The van der Waals surface area contributed by atoms with E-state index in [1.807, 2.05) is 54.6 Å². The Kier molecular flexibility index (Phi) is 12.6. The number of pyridine rings is 1. The maximum absolute atomic E-state index is 12.3. The molecular weight excluding hydrogens is 674 g/mol. The molecule has 14 heteroatoms. The number of rotatable bonds is 8. The summed E-state index contributed by atoms with van der Waals surface area (Å²) in [6.45, 7) is 10.5. The Balaban J connectivity index is 0.000000299. The van der Waals surface area contributed by atoms with Crippen LogP contribution in [0.5, 0.6) is 11.5 Å². The van der Waals surface area contributed by atoms with Crippen LogP contribution in [0.15, 0.2) is 54.6 Å². The molecule has 1 heterocycles. The molecule has 0 aliphatic heterocycles. The van der Waals surface area contributed by atoms with Crippen molar-refractivity contribution in [2.45, 2.75) is 103 Å². The number of aromatic nitrogens is 1. The molecule has 2 fully saturated rings. The molecule has 0 radical (unpaired) electrons. The lowest BCUT2D eigenvalue weighted by molar-refractivity contribution is -0.143. The fraction of sp³-hybridized carbons (Fsp3) is 0.500. The number of alkyl carbamates (subject to hydrolysis) is 2. The van der Waals surface area contributed by atoms with Crippen molar-refractivity contribution in [3.63, 3.8) is 0 Å². The molecule has 5 N–H and O–H groups in total. The van der Waals surface area contributed by atoms with Gasteiger partial charge in [-0.3, -0.25) is 9.59 Å². The molecule has 0 unspecified atom stereocenters. The smallest absolute Gasteiger partial charge is 0.407 e. The third-order valence-corrected chi connectivity index (χ3v) is 8.44. The Morgan fingerprint density at radius 1 is 0.750 bits per heavy atom. The first-order chi connectivity index (χ1) is 24.3.